The molecule has 0 spiro atoms. The van der Waals surface area contributed by atoms with Crippen LogP contribution in [-0.4, -0.2) is 50.5 Å². The Kier molecular flexibility index (Phi) is 12.2. The fourth-order valence-corrected chi connectivity index (χ4v) is 1.82. The van der Waals surface area contributed by atoms with Crippen LogP contribution in [0.5, 0.6) is 0 Å². The summed E-state index contributed by atoms with van der Waals surface area (Å²) in [4.78, 5) is 17.5. The van der Waals surface area contributed by atoms with Crippen LogP contribution < -0.4 is 10.6 Å². The normalized spacial score (nSPS) is 10.8. The summed E-state index contributed by atoms with van der Waals surface area (Å²) in [5.74, 6) is 0.364. The van der Waals surface area contributed by atoms with E-state index in [-0.39, 0.29) is 42.2 Å². The third kappa shape index (κ3) is 9.69. The molecule has 1 aromatic rings. The molecule has 1 rings (SSSR count). The molecule has 0 bridgehead atoms. The van der Waals surface area contributed by atoms with Gasteiger partial charge in [0.05, 0.1) is 0 Å². The standard InChI is InChI=1S/C17H27FN4O.HI/c1-4-5-11-19-17(21-13-16(23)22(2)3)20-12-10-14-6-8-15(18)9-7-14;/h6-9H,4-5,10-13H2,1-3H3,(H2,19,20,21);1H. The van der Waals surface area contributed by atoms with Gasteiger partial charge in [-0.2, -0.15) is 0 Å². The molecule has 0 unspecified atom stereocenters. The summed E-state index contributed by atoms with van der Waals surface area (Å²) in [6.45, 7) is 3.72. The molecular weight excluding hydrogens is 422 g/mol. The van der Waals surface area contributed by atoms with E-state index in [9.17, 15) is 9.18 Å². The highest BCUT2D eigenvalue weighted by atomic mass is 127. The Bertz CT molecular complexity index is 506. The number of hydrogen-bond donors (Lipinski definition) is 2. The van der Waals surface area contributed by atoms with Gasteiger partial charge in [-0.15, -0.1) is 24.0 Å². The number of halogens is 2. The molecule has 0 aliphatic heterocycles. The maximum absolute atomic E-state index is 12.9. The molecule has 0 aliphatic carbocycles. The number of unbranched alkanes of at least 4 members (excludes halogenated alkanes) is 1. The van der Waals surface area contributed by atoms with Gasteiger partial charge in [0.15, 0.2) is 5.96 Å². The second-order valence-electron chi connectivity index (χ2n) is 5.54. The zero-order valence-electron chi connectivity index (χ0n) is 14.6. The monoisotopic (exact) mass is 450 g/mol. The lowest BCUT2D eigenvalue weighted by Crippen LogP contribution is -2.40. The Morgan fingerprint density at radius 3 is 2.38 bits per heavy atom. The second-order valence-corrected chi connectivity index (χ2v) is 5.54. The summed E-state index contributed by atoms with van der Waals surface area (Å²) in [5.41, 5.74) is 1.05. The summed E-state index contributed by atoms with van der Waals surface area (Å²) < 4.78 is 12.9. The van der Waals surface area contributed by atoms with Crippen LogP contribution in [0.15, 0.2) is 29.3 Å². The number of nitrogens with one attached hydrogen (secondary N) is 2. The third-order valence-electron chi connectivity index (χ3n) is 3.31. The first-order valence-corrected chi connectivity index (χ1v) is 7.99. The lowest BCUT2D eigenvalue weighted by Gasteiger charge is -2.13. The van der Waals surface area contributed by atoms with Crippen LogP contribution in [0.1, 0.15) is 25.3 Å². The molecule has 0 saturated carbocycles. The molecule has 136 valence electrons. The Morgan fingerprint density at radius 2 is 1.79 bits per heavy atom. The summed E-state index contributed by atoms with van der Waals surface area (Å²) in [5, 5.41) is 6.43. The lowest BCUT2D eigenvalue weighted by molar-refractivity contribution is -0.127. The van der Waals surface area contributed by atoms with E-state index in [2.05, 4.69) is 22.5 Å². The minimum atomic E-state index is -0.229. The number of hydrogen-bond acceptors (Lipinski definition) is 2. The number of nitrogens with zero attached hydrogens (tertiary/aromatic N) is 2. The molecule has 5 nitrogen and oxygen atoms in total. The molecular formula is C17H28FIN4O. The number of carbonyl (C=O) groups excluding carboxylic acids is 1. The number of aliphatic imine (C=N–C) groups is 1. The van der Waals surface area contributed by atoms with Gasteiger partial charge in [0.1, 0.15) is 12.4 Å². The van der Waals surface area contributed by atoms with E-state index in [0.29, 0.717) is 12.5 Å². The molecule has 0 atom stereocenters. The molecule has 2 N–H and O–H groups in total. The first-order chi connectivity index (χ1) is 11.0. The van der Waals surface area contributed by atoms with E-state index >= 15 is 0 Å². The summed E-state index contributed by atoms with van der Waals surface area (Å²) in [6, 6.07) is 6.46. The number of likely N-dealkylation sites (N-methyl/N-ethyl adjacent to an activating group) is 1. The van der Waals surface area contributed by atoms with Crippen molar-refractivity contribution in [1.82, 2.24) is 15.5 Å². The molecule has 0 saturated heterocycles. The summed E-state index contributed by atoms with van der Waals surface area (Å²) in [6.07, 6.45) is 2.89. The first kappa shape index (κ1) is 22.6. The first-order valence-electron chi connectivity index (χ1n) is 7.99. The van der Waals surface area contributed by atoms with Gasteiger partial charge < -0.3 is 15.5 Å². The molecule has 7 heteroatoms. The Morgan fingerprint density at radius 1 is 1.17 bits per heavy atom. The minimum absolute atomic E-state index is 0. The topological polar surface area (TPSA) is 56.7 Å². The predicted molar refractivity (Wildman–Crippen MR) is 107 cm³/mol. The van der Waals surface area contributed by atoms with Crippen molar-refractivity contribution in [3.63, 3.8) is 0 Å². The van der Waals surface area contributed by atoms with E-state index in [1.54, 1.807) is 26.2 Å². The number of carbonyl (C=O) groups is 1. The Hall–Kier alpha value is -1.38. The van der Waals surface area contributed by atoms with Crippen molar-refractivity contribution >= 4 is 35.8 Å². The van der Waals surface area contributed by atoms with Crippen LogP contribution in [0.2, 0.25) is 0 Å². The third-order valence-corrected chi connectivity index (χ3v) is 3.31. The highest BCUT2D eigenvalue weighted by Gasteiger charge is 2.04. The molecule has 1 amide bonds. The smallest absolute Gasteiger partial charge is 0.243 e. The van der Waals surface area contributed by atoms with Gasteiger partial charge in [-0.3, -0.25) is 4.79 Å². The quantitative estimate of drug-likeness (QED) is 0.277. The van der Waals surface area contributed by atoms with E-state index in [0.717, 1.165) is 31.4 Å². The molecule has 0 aromatic heterocycles. The van der Waals surface area contributed by atoms with Crippen LogP contribution in [0, 0.1) is 5.82 Å². The molecule has 0 heterocycles. The van der Waals surface area contributed by atoms with E-state index in [1.165, 1.54) is 17.0 Å². The van der Waals surface area contributed by atoms with Crippen LogP contribution in [-0.2, 0) is 11.2 Å². The molecule has 1 aromatic carbocycles. The largest absolute Gasteiger partial charge is 0.356 e. The average molecular weight is 450 g/mol. The van der Waals surface area contributed by atoms with Crippen LogP contribution in [0.25, 0.3) is 0 Å². The minimum Gasteiger partial charge on any atom is -0.356 e. The fourth-order valence-electron chi connectivity index (χ4n) is 1.82. The van der Waals surface area contributed by atoms with Crippen molar-refractivity contribution in [3.05, 3.63) is 35.6 Å². The lowest BCUT2D eigenvalue weighted by atomic mass is 10.1. The van der Waals surface area contributed by atoms with Crippen LogP contribution >= 0.6 is 24.0 Å². The predicted octanol–water partition coefficient (Wildman–Crippen LogP) is 2.41. The SMILES string of the molecule is CCCCNC(=NCC(=O)N(C)C)NCCc1ccc(F)cc1.I. The highest BCUT2D eigenvalue weighted by molar-refractivity contribution is 14.0. The van der Waals surface area contributed by atoms with Crippen LogP contribution in [0.3, 0.4) is 0 Å². The number of rotatable bonds is 8. The number of amides is 1. The molecule has 0 radical (unpaired) electrons. The van der Waals surface area contributed by atoms with Gasteiger partial charge in [-0.1, -0.05) is 25.5 Å². The maximum Gasteiger partial charge on any atom is 0.243 e. The molecule has 0 fully saturated rings. The van der Waals surface area contributed by atoms with Crippen molar-refractivity contribution in [3.8, 4) is 0 Å². The van der Waals surface area contributed by atoms with Crippen molar-refractivity contribution in [2.24, 2.45) is 4.99 Å². The number of guanidine groups is 1. The van der Waals surface area contributed by atoms with E-state index in [4.69, 9.17) is 0 Å². The highest BCUT2D eigenvalue weighted by Crippen LogP contribution is 2.02. The Labute approximate surface area is 161 Å². The van der Waals surface area contributed by atoms with Gasteiger partial charge >= 0.3 is 0 Å². The van der Waals surface area contributed by atoms with Crippen LogP contribution in [0.4, 0.5) is 4.39 Å². The maximum atomic E-state index is 12.9. The average Bonchev–Trinajstić information content (AvgIpc) is 2.53. The zero-order valence-corrected chi connectivity index (χ0v) is 17.0. The van der Waals surface area contributed by atoms with E-state index in [1.807, 2.05) is 0 Å². The summed E-state index contributed by atoms with van der Waals surface area (Å²) in [7, 11) is 3.42. The molecule has 0 aliphatic rings. The number of benzene rings is 1. The van der Waals surface area contributed by atoms with E-state index < -0.39 is 0 Å². The Balaban J connectivity index is 0.00000529. The van der Waals surface area contributed by atoms with Gasteiger partial charge in [-0.25, -0.2) is 9.38 Å². The van der Waals surface area contributed by atoms with Gasteiger partial charge in [0, 0.05) is 27.2 Å². The zero-order chi connectivity index (χ0) is 17.1. The summed E-state index contributed by atoms with van der Waals surface area (Å²) >= 11 is 0. The van der Waals surface area contributed by atoms with Crippen molar-refractivity contribution in [2.75, 3.05) is 33.7 Å². The molecule has 24 heavy (non-hydrogen) atoms. The van der Waals surface area contributed by atoms with Gasteiger partial charge in [0.25, 0.3) is 0 Å². The van der Waals surface area contributed by atoms with Gasteiger partial charge in [-0.05, 0) is 30.5 Å². The van der Waals surface area contributed by atoms with Gasteiger partial charge in [0.2, 0.25) is 5.91 Å². The fraction of sp³-hybridized carbons (Fsp3) is 0.529. The van der Waals surface area contributed by atoms with Crippen molar-refractivity contribution < 1.29 is 9.18 Å². The van der Waals surface area contributed by atoms with Crippen molar-refractivity contribution in [1.29, 1.82) is 0 Å². The van der Waals surface area contributed by atoms with Crippen molar-refractivity contribution in [2.45, 2.75) is 26.2 Å². The second kappa shape index (κ2) is 13.0.